The molecule has 160 valence electrons. The predicted molar refractivity (Wildman–Crippen MR) is 128 cm³/mol. The van der Waals surface area contributed by atoms with Crippen LogP contribution in [0.5, 0.6) is 0 Å². The van der Waals surface area contributed by atoms with Gasteiger partial charge in [-0.1, -0.05) is 36.0 Å². The van der Waals surface area contributed by atoms with Crippen molar-refractivity contribution < 1.29 is 13.2 Å². The molecular weight excluding hydrogens is 473 g/mol. The fourth-order valence-corrected chi connectivity index (χ4v) is 7.13. The van der Waals surface area contributed by atoms with Gasteiger partial charge in [-0.2, -0.15) is 8.42 Å². The molecule has 1 fully saturated rings. The third kappa shape index (κ3) is 4.10. The van der Waals surface area contributed by atoms with Crippen LogP contribution in [0.3, 0.4) is 0 Å². The van der Waals surface area contributed by atoms with Gasteiger partial charge in [0.1, 0.15) is 9.93 Å². The van der Waals surface area contributed by atoms with E-state index in [1.165, 1.54) is 40.1 Å². The summed E-state index contributed by atoms with van der Waals surface area (Å²) in [7, 11) is -3.97. The molecule has 2 aromatic rings. The van der Waals surface area contributed by atoms with Crippen molar-refractivity contribution in [3.63, 3.8) is 0 Å². The Kier molecular flexibility index (Phi) is 6.11. The van der Waals surface area contributed by atoms with Crippen molar-refractivity contribution in [2.45, 2.75) is 18.7 Å². The molecule has 0 aliphatic carbocycles. The highest BCUT2D eigenvalue weighted by molar-refractivity contribution is 8.20. The molecular formula is C20H18N4O3S4. The lowest BCUT2D eigenvalue weighted by atomic mass is 10.4. The van der Waals surface area contributed by atoms with Gasteiger partial charge in [-0.3, -0.25) is 14.6 Å². The fourth-order valence-electron chi connectivity index (χ4n) is 2.92. The van der Waals surface area contributed by atoms with Crippen molar-refractivity contribution in [3.8, 4) is 0 Å². The summed E-state index contributed by atoms with van der Waals surface area (Å²) in [5.41, 5.74) is 0.980. The van der Waals surface area contributed by atoms with Gasteiger partial charge in [0.05, 0.1) is 4.90 Å². The summed E-state index contributed by atoms with van der Waals surface area (Å²) in [6.07, 6.45) is 3.26. The number of amidine groups is 1. The quantitative estimate of drug-likeness (QED) is 0.447. The molecule has 1 saturated heterocycles. The topological polar surface area (TPSA) is 82.9 Å². The Hall–Kier alpha value is -2.34. The largest absolute Gasteiger partial charge is 0.284 e. The molecule has 3 heterocycles. The highest BCUT2D eigenvalue weighted by Gasteiger charge is 2.40. The van der Waals surface area contributed by atoms with E-state index in [1.54, 1.807) is 30.5 Å². The zero-order chi connectivity index (χ0) is 22.2. The molecule has 4 rings (SSSR count). The first-order chi connectivity index (χ1) is 14.8. The second-order valence-electron chi connectivity index (χ2n) is 6.50. The minimum atomic E-state index is -3.97. The van der Waals surface area contributed by atoms with Crippen molar-refractivity contribution in [1.29, 1.82) is 0 Å². The summed E-state index contributed by atoms with van der Waals surface area (Å²) in [6, 6.07) is 7.95. The number of carbonyl (C=O) groups excluding carboxylic acids is 1. The zero-order valence-electron chi connectivity index (χ0n) is 16.7. The van der Waals surface area contributed by atoms with Crippen LogP contribution < -0.4 is 4.90 Å². The predicted octanol–water partition coefficient (Wildman–Crippen LogP) is 4.62. The summed E-state index contributed by atoms with van der Waals surface area (Å²) in [4.78, 5) is 22.5. The van der Waals surface area contributed by atoms with Gasteiger partial charge in [0, 0.05) is 28.7 Å². The maximum atomic E-state index is 13.3. The van der Waals surface area contributed by atoms with E-state index in [4.69, 9.17) is 0 Å². The maximum Gasteiger partial charge on any atom is 0.284 e. The second-order valence-corrected chi connectivity index (χ2v) is 11.2. The van der Waals surface area contributed by atoms with Crippen LogP contribution in [0.2, 0.25) is 0 Å². The van der Waals surface area contributed by atoms with Gasteiger partial charge in [0.25, 0.3) is 15.9 Å². The fraction of sp³-hybridized carbons (Fsp3) is 0.150. The zero-order valence-corrected chi connectivity index (χ0v) is 19.9. The Morgan fingerprint density at radius 3 is 2.58 bits per heavy atom. The van der Waals surface area contributed by atoms with Crippen molar-refractivity contribution in [1.82, 2.24) is 9.88 Å². The first kappa shape index (κ1) is 21.9. The molecule has 0 saturated carbocycles. The number of benzene rings is 1. The number of aromatic nitrogens is 1. The average molecular weight is 491 g/mol. The number of hydrogen-bond donors (Lipinski definition) is 0. The van der Waals surface area contributed by atoms with E-state index in [0.29, 0.717) is 9.93 Å². The Labute approximate surface area is 193 Å². The first-order valence-electron chi connectivity index (χ1n) is 9.13. The van der Waals surface area contributed by atoms with Crippen LogP contribution in [0.25, 0.3) is 0 Å². The highest BCUT2D eigenvalue weighted by Crippen LogP contribution is 2.49. The first-order valence-corrected chi connectivity index (χ1v) is 13.1. The van der Waals surface area contributed by atoms with Crippen LogP contribution in [0, 0.1) is 0 Å². The van der Waals surface area contributed by atoms with E-state index in [9.17, 15) is 13.2 Å². The molecule has 2 aliphatic heterocycles. The van der Waals surface area contributed by atoms with Crippen molar-refractivity contribution in [2.75, 3.05) is 11.4 Å². The normalized spacial score (nSPS) is 21.0. The van der Waals surface area contributed by atoms with Crippen LogP contribution in [0.4, 0.5) is 5.13 Å². The van der Waals surface area contributed by atoms with Crippen LogP contribution in [-0.2, 0) is 14.8 Å². The van der Waals surface area contributed by atoms with Crippen LogP contribution >= 0.6 is 34.9 Å². The summed E-state index contributed by atoms with van der Waals surface area (Å²) in [5.74, 6) is -0.307. The molecule has 2 aliphatic rings. The molecule has 11 heteroatoms. The molecule has 1 aromatic heterocycles. The van der Waals surface area contributed by atoms with Gasteiger partial charge in [-0.05, 0) is 37.7 Å². The van der Waals surface area contributed by atoms with E-state index >= 15 is 0 Å². The monoisotopic (exact) mass is 490 g/mol. The molecule has 0 atom stereocenters. The van der Waals surface area contributed by atoms with Gasteiger partial charge in [-0.15, -0.1) is 22.3 Å². The van der Waals surface area contributed by atoms with E-state index in [2.05, 4.69) is 16.0 Å². The number of allylic oxidation sites excluding steroid dienone is 2. The Morgan fingerprint density at radius 1 is 1.19 bits per heavy atom. The summed E-state index contributed by atoms with van der Waals surface area (Å²) in [5, 5.41) is 3.43. The molecule has 0 spiro atoms. The Balaban J connectivity index is 1.80. The van der Waals surface area contributed by atoms with Crippen molar-refractivity contribution in [2.24, 2.45) is 4.40 Å². The minimum Gasteiger partial charge on any atom is -0.282 e. The van der Waals surface area contributed by atoms with Crippen LogP contribution in [0.15, 0.2) is 84.4 Å². The smallest absolute Gasteiger partial charge is 0.282 e. The van der Waals surface area contributed by atoms with Crippen molar-refractivity contribution in [3.05, 3.63) is 75.1 Å². The van der Waals surface area contributed by atoms with E-state index in [0.717, 1.165) is 27.5 Å². The Morgan fingerprint density at radius 2 is 1.94 bits per heavy atom. The molecule has 1 aromatic carbocycles. The minimum absolute atomic E-state index is 0.0724. The number of nitrogens with zero attached hydrogens (tertiary/aromatic N) is 4. The molecule has 1 amide bonds. The lowest BCUT2D eigenvalue weighted by Gasteiger charge is -2.19. The number of rotatable bonds is 5. The lowest BCUT2D eigenvalue weighted by Crippen LogP contribution is -2.30. The number of thioether (sulfide) groups is 2. The van der Waals surface area contributed by atoms with Gasteiger partial charge >= 0.3 is 0 Å². The van der Waals surface area contributed by atoms with Gasteiger partial charge < -0.3 is 0 Å². The van der Waals surface area contributed by atoms with Gasteiger partial charge in [0.2, 0.25) is 0 Å². The van der Waals surface area contributed by atoms with E-state index in [-0.39, 0.29) is 22.5 Å². The molecule has 0 N–H and O–H groups in total. The number of hydrogen-bond acceptors (Lipinski definition) is 8. The SMILES string of the molecule is C=CCN1C(=O)/C(=C2\SC(C)=C(C)N2c2nccs2)S/C1=N\S(=O)(=O)c1ccccc1. The Bertz CT molecular complexity index is 1230. The van der Waals surface area contributed by atoms with E-state index < -0.39 is 10.0 Å². The highest BCUT2D eigenvalue weighted by atomic mass is 32.2. The second kappa shape index (κ2) is 8.65. The maximum absolute atomic E-state index is 13.3. The number of anilines is 1. The standard InChI is InChI=1S/C20H18N4O3S4/c1-4-11-23-17(25)16(18-24(13(2)14(3)29-18)19-21-10-12-28-19)30-20(23)22-31(26,27)15-8-6-5-7-9-15/h4-10,12H,1,11H2,2-3H3/b18-16+,22-20-. The summed E-state index contributed by atoms with van der Waals surface area (Å²) >= 11 is 3.99. The number of thiazole rings is 1. The average Bonchev–Trinajstić information content (AvgIpc) is 3.44. The van der Waals surface area contributed by atoms with Crippen molar-refractivity contribution >= 4 is 61.1 Å². The van der Waals surface area contributed by atoms with Crippen LogP contribution in [-0.4, -0.2) is 35.9 Å². The number of amides is 1. The van der Waals surface area contributed by atoms with E-state index in [1.807, 2.05) is 24.1 Å². The van der Waals surface area contributed by atoms with Gasteiger partial charge in [-0.25, -0.2) is 4.98 Å². The molecule has 0 unspecified atom stereocenters. The van der Waals surface area contributed by atoms with Crippen LogP contribution in [0.1, 0.15) is 13.8 Å². The molecule has 0 bridgehead atoms. The number of sulfonamides is 1. The molecule has 0 radical (unpaired) electrons. The molecule has 7 nitrogen and oxygen atoms in total. The third-order valence-corrected chi connectivity index (χ3v) is 9.05. The number of carbonyl (C=O) groups is 1. The summed E-state index contributed by atoms with van der Waals surface area (Å²) in [6.45, 7) is 7.80. The summed E-state index contributed by atoms with van der Waals surface area (Å²) < 4.78 is 29.6. The lowest BCUT2D eigenvalue weighted by molar-refractivity contribution is -0.121. The molecule has 31 heavy (non-hydrogen) atoms. The third-order valence-electron chi connectivity index (χ3n) is 4.52. The van der Waals surface area contributed by atoms with Gasteiger partial charge in [0.15, 0.2) is 10.3 Å².